The van der Waals surface area contributed by atoms with Crippen molar-refractivity contribution in [2.75, 3.05) is 0 Å². The normalized spacial score (nSPS) is 17.8. The minimum Gasteiger partial charge on any atom is -0.271 e. The predicted molar refractivity (Wildman–Crippen MR) is 85.1 cm³/mol. The first-order chi connectivity index (χ1) is 11.4. The second-order valence-electron chi connectivity index (χ2n) is 5.93. The van der Waals surface area contributed by atoms with Crippen molar-refractivity contribution in [3.05, 3.63) is 58.7 Å². The van der Waals surface area contributed by atoms with Gasteiger partial charge in [0.25, 0.3) is 23.6 Å². The van der Waals surface area contributed by atoms with E-state index in [0.717, 1.165) is 11.1 Å². The second kappa shape index (κ2) is 5.88. The van der Waals surface area contributed by atoms with Gasteiger partial charge in [0.2, 0.25) is 0 Å². The van der Waals surface area contributed by atoms with Gasteiger partial charge in [0.05, 0.1) is 13.1 Å². The van der Waals surface area contributed by atoms with Gasteiger partial charge in [-0.15, -0.1) is 0 Å². The molecular weight excluding hydrogens is 308 g/mol. The van der Waals surface area contributed by atoms with E-state index in [1.54, 1.807) is 38.1 Å². The Kier molecular flexibility index (Phi) is 3.89. The van der Waals surface area contributed by atoms with Crippen LogP contribution in [-0.4, -0.2) is 33.4 Å². The topological polar surface area (TPSA) is 74.8 Å². The van der Waals surface area contributed by atoms with Crippen molar-refractivity contribution in [1.82, 2.24) is 9.80 Å². The number of carbonyl (C=O) groups excluding carboxylic acids is 4. The summed E-state index contributed by atoms with van der Waals surface area (Å²) in [6.07, 6.45) is 2.64. The van der Waals surface area contributed by atoms with Gasteiger partial charge >= 0.3 is 0 Å². The Hall–Kier alpha value is -3.02. The molecule has 2 heterocycles. The van der Waals surface area contributed by atoms with Crippen LogP contribution in [-0.2, 0) is 32.3 Å². The second-order valence-corrected chi connectivity index (χ2v) is 5.93. The number of hydrogen-bond donors (Lipinski definition) is 0. The molecule has 2 aliphatic rings. The maximum Gasteiger partial charge on any atom is 0.256 e. The van der Waals surface area contributed by atoms with Gasteiger partial charge in [0, 0.05) is 23.3 Å². The highest BCUT2D eigenvalue weighted by molar-refractivity contribution is 6.16. The van der Waals surface area contributed by atoms with Crippen LogP contribution in [0.1, 0.15) is 25.0 Å². The lowest BCUT2D eigenvalue weighted by Crippen LogP contribution is -2.31. The molecule has 0 atom stereocenters. The molecule has 0 saturated heterocycles. The maximum atomic E-state index is 11.9. The smallest absolute Gasteiger partial charge is 0.256 e. The molecule has 0 fully saturated rings. The fraction of sp³-hybridized carbons (Fsp3) is 0.222. The Balaban J connectivity index is 1.74. The number of amides is 4. The number of benzene rings is 1. The quantitative estimate of drug-likeness (QED) is 0.783. The van der Waals surface area contributed by atoms with Gasteiger partial charge in [-0.3, -0.25) is 29.0 Å². The number of imide groups is 2. The summed E-state index contributed by atoms with van der Waals surface area (Å²) in [7, 11) is 0. The lowest BCUT2D eigenvalue weighted by Gasteiger charge is -2.17. The summed E-state index contributed by atoms with van der Waals surface area (Å²) >= 11 is 0. The van der Waals surface area contributed by atoms with E-state index in [1.165, 1.54) is 22.0 Å². The monoisotopic (exact) mass is 324 g/mol. The molecule has 0 saturated carbocycles. The molecule has 2 aliphatic heterocycles. The van der Waals surface area contributed by atoms with Gasteiger partial charge in [-0.05, 0) is 25.0 Å². The molecule has 6 nitrogen and oxygen atoms in total. The first-order valence-corrected chi connectivity index (χ1v) is 7.53. The van der Waals surface area contributed by atoms with Crippen LogP contribution < -0.4 is 0 Å². The Morgan fingerprint density at radius 1 is 0.750 bits per heavy atom. The summed E-state index contributed by atoms with van der Waals surface area (Å²) in [5.41, 5.74) is 2.37. The van der Waals surface area contributed by atoms with Crippen LogP contribution in [0.4, 0.5) is 0 Å². The lowest BCUT2D eigenvalue weighted by atomic mass is 10.1. The summed E-state index contributed by atoms with van der Waals surface area (Å²) in [6, 6.07) is 7.17. The standard InChI is InChI=1S/C18H16N2O4/c1-11-6-15(21)19(17(11)23)9-13-4-3-5-14(8-13)10-20-16(22)7-12(2)18(20)24/h3-8H,9-10H2,1-2H3. The zero-order chi connectivity index (χ0) is 17.4. The van der Waals surface area contributed by atoms with Crippen molar-refractivity contribution in [2.24, 2.45) is 0 Å². The summed E-state index contributed by atoms with van der Waals surface area (Å²) in [4.78, 5) is 49.8. The minimum atomic E-state index is -0.326. The third-order valence-corrected chi connectivity index (χ3v) is 4.05. The third-order valence-electron chi connectivity index (χ3n) is 4.05. The molecule has 1 aromatic rings. The first-order valence-electron chi connectivity index (χ1n) is 7.53. The predicted octanol–water partition coefficient (Wildman–Crippen LogP) is 1.32. The number of nitrogens with zero attached hydrogens (tertiary/aromatic N) is 2. The SMILES string of the molecule is CC1=CC(=O)N(Cc2cccc(CN3C(=O)C=C(C)C3=O)c2)C1=O. The molecule has 0 unspecified atom stereocenters. The van der Waals surface area contributed by atoms with Crippen LogP contribution >= 0.6 is 0 Å². The van der Waals surface area contributed by atoms with Crippen LogP contribution in [0.3, 0.4) is 0 Å². The van der Waals surface area contributed by atoms with Gasteiger partial charge in [-0.1, -0.05) is 24.3 Å². The highest BCUT2D eigenvalue weighted by Crippen LogP contribution is 2.19. The molecule has 0 aliphatic carbocycles. The van der Waals surface area contributed by atoms with Crippen LogP contribution in [0.2, 0.25) is 0 Å². The van der Waals surface area contributed by atoms with Gasteiger partial charge in [0.15, 0.2) is 0 Å². The number of hydrogen-bond acceptors (Lipinski definition) is 4. The zero-order valence-electron chi connectivity index (χ0n) is 13.4. The van der Waals surface area contributed by atoms with E-state index < -0.39 is 0 Å². The highest BCUT2D eigenvalue weighted by Gasteiger charge is 2.29. The molecule has 24 heavy (non-hydrogen) atoms. The molecule has 3 rings (SSSR count). The molecule has 0 radical (unpaired) electrons. The van der Waals surface area contributed by atoms with Crippen molar-refractivity contribution in [1.29, 1.82) is 0 Å². The van der Waals surface area contributed by atoms with Crippen molar-refractivity contribution in [3.63, 3.8) is 0 Å². The molecule has 0 bridgehead atoms. The summed E-state index contributed by atoms with van der Waals surface area (Å²) < 4.78 is 0. The maximum absolute atomic E-state index is 11.9. The zero-order valence-corrected chi connectivity index (χ0v) is 13.4. The van der Waals surface area contributed by atoms with Gasteiger partial charge in [0.1, 0.15) is 0 Å². The average molecular weight is 324 g/mol. The van der Waals surface area contributed by atoms with E-state index >= 15 is 0 Å². The molecule has 6 heteroatoms. The Labute approximate surface area is 139 Å². The van der Waals surface area contributed by atoms with E-state index in [0.29, 0.717) is 11.1 Å². The largest absolute Gasteiger partial charge is 0.271 e. The molecule has 0 aromatic heterocycles. The molecule has 0 spiro atoms. The van der Waals surface area contributed by atoms with E-state index in [4.69, 9.17) is 0 Å². The molecule has 122 valence electrons. The highest BCUT2D eigenvalue weighted by atomic mass is 16.2. The summed E-state index contributed by atoms with van der Waals surface area (Å²) in [5.74, 6) is -1.24. The van der Waals surface area contributed by atoms with E-state index in [1.807, 2.05) is 0 Å². The fourth-order valence-electron chi connectivity index (χ4n) is 2.77. The van der Waals surface area contributed by atoms with E-state index in [2.05, 4.69) is 0 Å². The third kappa shape index (κ3) is 2.78. The van der Waals surface area contributed by atoms with Crippen molar-refractivity contribution < 1.29 is 19.2 Å². The van der Waals surface area contributed by atoms with E-state index in [-0.39, 0.29) is 36.7 Å². The number of rotatable bonds is 4. The van der Waals surface area contributed by atoms with Crippen molar-refractivity contribution >= 4 is 23.6 Å². The molecule has 1 aromatic carbocycles. The summed E-state index contributed by atoms with van der Waals surface area (Å²) in [5, 5.41) is 0. The lowest BCUT2D eigenvalue weighted by molar-refractivity contribution is -0.139. The van der Waals surface area contributed by atoms with Crippen LogP contribution in [0.5, 0.6) is 0 Å². The molecule has 0 N–H and O–H groups in total. The van der Waals surface area contributed by atoms with Gasteiger partial charge < -0.3 is 0 Å². The van der Waals surface area contributed by atoms with Gasteiger partial charge in [-0.25, -0.2) is 0 Å². The van der Waals surface area contributed by atoms with Gasteiger partial charge in [-0.2, -0.15) is 0 Å². The Bertz CT molecular complexity index is 770. The van der Waals surface area contributed by atoms with Crippen LogP contribution in [0.25, 0.3) is 0 Å². The average Bonchev–Trinajstić information content (AvgIpc) is 2.91. The minimum absolute atomic E-state index is 0.165. The Morgan fingerprint density at radius 3 is 1.50 bits per heavy atom. The molecular formula is C18H16N2O4. The first kappa shape index (κ1) is 15.9. The fourth-order valence-corrected chi connectivity index (χ4v) is 2.77. The molecule has 4 amide bonds. The van der Waals surface area contributed by atoms with Crippen LogP contribution in [0, 0.1) is 0 Å². The van der Waals surface area contributed by atoms with E-state index in [9.17, 15) is 19.2 Å². The number of carbonyl (C=O) groups is 4. The van der Waals surface area contributed by atoms with Crippen LogP contribution in [0.15, 0.2) is 47.6 Å². The summed E-state index contributed by atoms with van der Waals surface area (Å²) in [6.45, 7) is 3.55. The Morgan fingerprint density at radius 2 is 1.17 bits per heavy atom. The van der Waals surface area contributed by atoms with Crippen molar-refractivity contribution in [2.45, 2.75) is 26.9 Å². The van der Waals surface area contributed by atoms with Crippen molar-refractivity contribution in [3.8, 4) is 0 Å².